The molecule has 13 heavy (non-hydrogen) atoms. The van der Waals surface area contributed by atoms with Crippen molar-refractivity contribution in [3.63, 3.8) is 0 Å². The summed E-state index contributed by atoms with van der Waals surface area (Å²) in [5.74, 6) is 1.07. The SMILES string of the molecule is CCc1ccc(OC2CC2)c(C)c1. The summed E-state index contributed by atoms with van der Waals surface area (Å²) in [7, 11) is 0. The smallest absolute Gasteiger partial charge is 0.122 e. The van der Waals surface area contributed by atoms with Crippen LogP contribution in [0.4, 0.5) is 0 Å². The van der Waals surface area contributed by atoms with Crippen LogP contribution in [-0.4, -0.2) is 6.10 Å². The van der Waals surface area contributed by atoms with Gasteiger partial charge < -0.3 is 4.74 Å². The van der Waals surface area contributed by atoms with Crippen LogP contribution < -0.4 is 4.74 Å². The molecule has 1 aliphatic rings. The Morgan fingerprint density at radius 2 is 2.15 bits per heavy atom. The van der Waals surface area contributed by atoms with Crippen molar-refractivity contribution < 1.29 is 4.74 Å². The lowest BCUT2D eigenvalue weighted by Gasteiger charge is -2.08. The summed E-state index contributed by atoms with van der Waals surface area (Å²) in [5, 5.41) is 0. The summed E-state index contributed by atoms with van der Waals surface area (Å²) in [4.78, 5) is 0. The van der Waals surface area contributed by atoms with Crippen molar-refractivity contribution in [2.24, 2.45) is 0 Å². The second-order valence-corrected chi connectivity index (χ2v) is 3.77. The average Bonchev–Trinajstić information content (AvgIpc) is 2.92. The molecule has 0 atom stereocenters. The molecule has 1 aromatic rings. The van der Waals surface area contributed by atoms with E-state index >= 15 is 0 Å². The van der Waals surface area contributed by atoms with Crippen molar-refractivity contribution in [2.75, 3.05) is 0 Å². The number of hydrogen-bond acceptors (Lipinski definition) is 1. The minimum atomic E-state index is 0.506. The molecule has 0 radical (unpaired) electrons. The zero-order chi connectivity index (χ0) is 9.26. The van der Waals surface area contributed by atoms with Gasteiger partial charge in [-0.1, -0.05) is 19.1 Å². The molecule has 0 unspecified atom stereocenters. The summed E-state index contributed by atoms with van der Waals surface area (Å²) in [5.41, 5.74) is 2.66. The molecule has 0 amide bonds. The van der Waals surface area contributed by atoms with Gasteiger partial charge in [0, 0.05) is 0 Å². The molecular weight excluding hydrogens is 160 g/mol. The summed E-state index contributed by atoms with van der Waals surface area (Å²) in [6.45, 7) is 4.30. The number of ether oxygens (including phenoxy) is 1. The molecule has 1 aliphatic carbocycles. The van der Waals surface area contributed by atoms with Crippen LogP contribution >= 0.6 is 0 Å². The third-order valence-corrected chi connectivity index (χ3v) is 2.47. The zero-order valence-corrected chi connectivity index (χ0v) is 8.34. The highest BCUT2D eigenvalue weighted by atomic mass is 16.5. The molecule has 1 nitrogen and oxygen atoms in total. The Bertz CT molecular complexity index is 300. The highest BCUT2D eigenvalue weighted by molar-refractivity contribution is 5.36. The molecule has 1 saturated carbocycles. The largest absolute Gasteiger partial charge is 0.490 e. The Morgan fingerprint density at radius 1 is 1.38 bits per heavy atom. The van der Waals surface area contributed by atoms with Crippen LogP contribution in [0.1, 0.15) is 30.9 Å². The third-order valence-electron chi connectivity index (χ3n) is 2.47. The van der Waals surface area contributed by atoms with Crippen LogP contribution in [0.15, 0.2) is 18.2 Å². The van der Waals surface area contributed by atoms with Crippen molar-refractivity contribution in [1.82, 2.24) is 0 Å². The van der Waals surface area contributed by atoms with Gasteiger partial charge >= 0.3 is 0 Å². The second-order valence-electron chi connectivity index (χ2n) is 3.77. The average molecular weight is 176 g/mol. The number of benzene rings is 1. The first kappa shape index (κ1) is 8.61. The predicted octanol–water partition coefficient (Wildman–Crippen LogP) is 3.10. The normalized spacial score (nSPS) is 15.8. The van der Waals surface area contributed by atoms with Gasteiger partial charge in [-0.2, -0.15) is 0 Å². The summed E-state index contributed by atoms with van der Waals surface area (Å²) >= 11 is 0. The first-order chi connectivity index (χ1) is 6.29. The number of rotatable bonds is 3. The lowest BCUT2D eigenvalue weighted by molar-refractivity contribution is 0.301. The van der Waals surface area contributed by atoms with Crippen LogP contribution in [0.25, 0.3) is 0 Å². The fourth-order valence-electron chi connectivity index (χ4n) is 1.43. The molecule has 1 fully saturated rings. The van der Waals surface area contributed by atoms with Crippen LogP contribution in [0.3, 0.4) is 0 Å². The van der Waals surface area contributed by atoms with E-state index in [0.29, 0.717) is 6.10 Å². The predicted molar refractivity (Wildman–Crippen MR) is 54.2 cm³/mol. The van der Waals surface area contributed by atoms with Gasteiger partial charge in [-0.05, 0) is 43.4 Å². The Kier molecular flexibility index (Phi) is 2.26. The number of aryl methyl sites for hydroxylation is 2. The fraction of sp³-hybridized carbons (Fsp3) is 0.500. The topological polar surface area (TPSA) is 9.23 Å². The van der Waals surface area contributed by atoms with Gasteiger partial charge in [0.2, 0.25) is 0 Å². The molecule has 0 saturated heterocycles. The molecule has 0 spiro atoms. The van der Waals surface area contributed by atoms with Crippen molar-refractivity contribution >= 4 is 0 Å². The van der Waals surface area contributed by atoms with Crippen LogP contribution in [0, 0.1) is 6.92 Å². The molecule has 0 heterocycles. The van der Waals surface area contributed by atoms with E-state index in [1.54, 1.807) is 0 Å². The summed E-state index contributed by atoms with van der Waals surface area (Å²) < 4.78 is 5.76. The minimum Gasteiger partial charge on any atom is -0.490 e. The fourth-order valence-corrected chi connectivity index (χ4v) is 1.43. The van der Waals surface area contributed by atoms with Gasteiger partial charge in [0.15, 0.2) is 0 Å². The van der Waals surface area contributed by atoms with E-state index in [4.69, 9.17) is 4.74 Å². The standard InChI is InChI=1S/C12H16O/c1-3-10-4-7-12(9(2)8-10)13-11-5-6-11/h4,7-8,11H,3,5-6H2,1-2H3. The second kappa shape index (κ2) is 3.41. The third kappa shape index (κ3) is 2.03. The van der Waals surface area contributed by atoms with Crippen LogP contribution in [-0.2, 0) is 6.42 Å². The first-order valence-corrected chi connectivity index (χ1v) is 5.06. The van der Waals surface area contributed by atoms with Crippen molar-refractivity contribution in [3.8, 4) is 5.75 Å². The van der Waals surface area contributed by atoms with E-state index in [0.717, 1.165) is 12.2 Å². The van der Waals surface area contributed by atoms with Gasteiger partial charge in [0.05, 0.1) is 6.10 Å². The zero-order valence-electron chi connectivity index (χ0n) is 8.34. The van der Waals surface area contributed by atoms with Crippen molar-refractivity contribution in [3.05, 3.63) is 29.3 Å². The molecule has 1 aromatic carbocycles. The highest BCUT2D eigenvalue weighted by Crippen LogP contribution is 2.29. The Balaban J connectivity index is 2.15. The Labute approximate surface area is 79.7 Å². The maximum atomic E-state index is 5.76. The lowest BCUT2D eigenvalue weighted by atomic mass is 10.1. The van der Waals surface area contributed by atoms with Gasteiger partial charge in [-0.3, -0.25) is 0 Å². The molecule has 2 rings (SSSR count). The van der Waals surface area contributed by atoms with Gasteiger partial charge in [-0.25, -0.2) is 0 Å². The maximum Gasteiger partial charge on any atom is 0.122 e. The van der Waals surface area contributed by atoms with Crippen LogP contribution in [0.2, 0.25) is 0 Å². The lowest BCUT2D eigenvalue weighted by Crippen LogP contribution is -1.98. The monoisotopic (exact) mass is 176 g/mol. The molecular formula is C12H16O. The molecule has 1 heteroatoms. The summed E-state index contributed by atoms with van der Waals surface area (Å²) in [6, 6.07) is 6.48. The molecule has 0 N–H and O–H groups in total. The highest BCUT2D eigenvalue weighted by Gasteiger charge is 2.23. The van der Waals surface area contributed by atoms with E-state index in [-0.39, 0.29) is 0 Å². The Hall–Kier alpha value is -0.980. The molecule has 0 bridgehead atoms. The van der Waals surface area contributed by atoms with Crippen LogP contribution in [0.5, 0.6) is 5.75 Å². The molecule has 0 aromatic heterocycles. The van der Waals surface area contributed by atoms with E-state index < -0.39 is 0 Å². The van der Waals surface area contributed by atoms with Gasteiger partial charge in [-0.15, -0.1) is 0 Å². The first-order valence-electron chi connectivity index (χ1n) is 5.06. The van der Waals surface area contributed by atoms with E-state index in [2.05, 4.69) is 32.0 Å². The van der Waals surface area contributed by atoms with E-state index in [1.807, 2.05) is 0 Å². The minimum absolute atomic E-state index is 0.506. The molecule has 70 valence electrons. The van der Waals surface area contributed by atoms with Crippen molar-refractivity contribution in [1.29, 1.82) is 0 Å². The van der Waals surface area contributed by atoms with Crippen molar-refractivity contribution in [2.45, 2.75) is 39.2 Å². The summed E-state index contributed by atoms with van der Waals surface area (Å²) in [6.07, 6.45) is 4.07. The molecule has 0 aliphatic heterocycles. The quantitative estimate of drug-likeness (QED) is 0.687. The van der Waals surface area contributed by atoms with Gasteiger partial charge in [0.1, 0.15) is 5.75 Å². The van der Waals surface area contributed by atoms with E-state index in [9.17, 15) is 0 Å². The van der Waals surface area contributed by atoms with Gasteiger partial charge in [0.25, 0.3) is 0 Å². The Morgan fingerprint density at radius 3 is 2.69 bits per heavy atom. The number of hydrogen-bond donors (Lipinski definition) is 0. The van der Waals surface area contributed by atoms with E-state index in [1.165, 1.54) is 24.0 Å². The maximum absolute atomic E-state index is 5.76.